The SMILES string of the molecule is Cc1cnc(CNC(=O)c2cc(CC(C)c3ccccc3)no2)cn1. The summed E-state index contributed by atoms with van der Waals surface area (Å²) in [4.78, 5) is 20.5. The Kier molecular flexibility index (Phi) is 5.18. The molecule has 1 N–H and O–H groups in total. The fraction of sp³-hybridized carbons (Fsp3) is 0.263. The third kappa shape index (κ3) is 4.50. The van der Waals surface area contributed by atoms with E-state index in [1.54, 1.807) is 18.5 Å². The first-order chi connectivity index (χ1) is 12.1. The normalized spacial score (nSPS) is 11.9. The minimum atomic E-state index is -0.312. The summed E-state index contributed by atoms with van der Waals surface area (Å²) in [5.41, 5.74) is 3.52. The standard InChI is InChI=1S/C19H20N4O2/c1-13(15-6-4-3-5-7-15)8-16-9-18(25-23-16)19(24)22-12-17-11-20-14(2)10-21-17/h3-7,9-11,13H,8,12H2,1-2H3,(H,22,24). The molecular weight excluding hydrogens is 316 g/mol. The van der Waals surface area contributed by atoms with Crippen LogP contribution in [0.2, 0.25) is 0 Å². The van der Waals surface area contributed by atoms with E-state index in [9.17, 15) is 4.79 Å². The van der Waals surface area contributed by atoms with Gasteiger partial charge in [-0.2, -0.15) is 0 Å². The minimum absolute atomic E-state index is 0.204. The van der Waals surface area contributed by atoms with Crippen molar-refractivity contribution < 1.29 is 9.32 Å². The molecule has 0 aliphatic rings. The minimum Gasteiger partial charge on any atom is -0.351 e. The summed E-state index contributed by atoms with van der Waals surface area (Å²) in [6.07, 6.45) is 4.02. The van der Waals surface area contributed by atoms with E-state index in [4.69, 9.17) is 4.52 Å². The van der Waals surface area contributed by atoms with Crippen molar-refractivity contribution in [1.82, 2.24) is 20.4 Å². The molecule has 128 valence electrons. The van der Waals surface area contributed by atoms with Gasteiger partial charge in [0.1, 0.15) is 0 Å². The number of nitrogens with zero attached hydrogens (tertiary/aromatic N) is 3. The lowest BCUT2D eigenvalue weighted by Gasteiger charge is -2.08. The van der Waals surface area contributed by atoms with Crippen LogP contribution >= 0.6 is 0 Å². The highest BCUT2D eigenvalue weighted by molar-refractivity contribution is 5.91. The van der Waals surface area contributed by atoms with E-state index in [1.165, 1.54) is 5.56 Å². The molecule has 3 aromatic rings. The molecule has 1 unspecified atom stereocenters. The van der Waals surface area contributed by atoms with E-state index < -0.39 is 0 Å². The van der Waals surface area contributed by atoms with Crippen LogP contribution in [-0.2, 0) is 13.0 Å². The lowest BCUT2D eigenvalue weighted by molar-refractivity contribution is 0.0913. The van der Waals surface area contributed by atoms with Crippen LogP contribution in [0.1, 0.15) is 46.0 Å². The third-order valence-corrected chi connectivity index (χ3v) is 3.93. The van der Waals surface area contributed by atoms with Gasteiger partial charge in [0.25, 0.3) is 5.91 Å². The van der Waals surface area contributed by atoms with Gasteiger partial charge in [-0.1, -0.05) is 42.4 Å². The highest BCUT2D eigenvalue weighted by atomic mass is 16.5. The molecular formula is C19H20N4O2. The zero-order chi connectivity index (χ0) is 17.6. The van der Waals surface area contributed by atoms with E-state index >= 15 is 0 Å². The Labute approximate surface area is 146 Å². The van der Waals surface area contributed by atoms with Crippen molar-refractivity contribution in [3.8, 4) is 0 Å². The van der Waals surface area contributed by atoms with Crippen molar-refractivity contribution in [2.75, 3.05) is 0 Å². The molecule has 0 spiro atoms. The lowest BCUT2D eigenvalue weighted by atomic mass is 9.96. The molecule has 2 heterocycles. The second kappa shape index (κ2) is 7.70. The second-order valence-electron chi connectivity index (χ2n) is 6.03. The monoisotopic (exact) mass is 336 g/mol. The van der Waals surface area contributed by atoms with Gasteiger partial charge in [-0.3, -0.25) is 14.8 Å². The molecule has 6 heteroatoms. The Morgan fingerprint density at radius 1 is 1.16 bits per heavy atom. The van der Waals surface area contributed by atoms with Gasteiger partial charge in [-0.15, -0.1) is 0 Å². The van der Waals surface area contributed by atoms with E-state index in [2.05, 4.69) is 39.5 Å². The molecule has 0 bridgehead atoms. The number of benzene rings is 1. The second-order valence-corrected chi connectivity index (χ2v) is 6.03. The maximum absolute atomic E-state index is 12.2. The molecule has 0 fully saturated rings. The Morgan fingerprint density at radius 2 is 1.96 bits per heavy atom. The maximum atomic E-state index is 12.2. The number of nitrogens with one attached hydrogen (secondary N) is 1. The van der Waals surface area contributed by atoms with Crippen molar-refractivity contribution >= 4 is 5.91 Å². The predicted octanol–water partition coefficient (Wildman–Crippen LogP) is 3.05. The molecule has 2 aromatic heterocycles. The third-order valence-electron chi connectivity index (χ3n) is 3.93. The number of carbonyl (C=O) groups is 1. The Balaban J connectivity index is 1.57. The largest absolute Gasteiger partial charge is 0.351 e. The van der Waals surface area contributed by atoms with E-state index in [-0.39, 0.29) is 11.7 Å². The van der Waals surface area contributed by atoms with Crippen molar-refractivity contribution in [3.63, 3.8) is 0 Å². The summed E-state index contributed by atoms with van der Waals surface area (Å²) in [5, 5.41) is 6.76. The van der Waals surface area contributed by atoms with E-state index in [0.29, 0.717) is 24.6 Å². The summed E-state index contributed by atoms with van der Waals surface area (Å²) in [6, 6.07) is 11.9. The van der Waals surface area contributed by atoms with Crippen LogP contribution in [0.4, 0.5) is 0 Å². The van der Waals surface area contributed by atoms with Crippen molar-refractivity contribution in [2.45, 2.75) is 32.7 Å². The highest BCUT2D eigenvalue weighted by Gasteiger charge is 2.15. The zero-order valence-electron chi connectivity index (χ0n) is 14.3. The summed E-state index contributed by atoms with van der Waals surface area (Å²) in [5.74, 6) is 0.189. The number of hydrogen-bond acceptors (Lipinski definition) is 5. The summed E-state index contributed by atoms with van der Waals surface area (Å²) in [6.45, 7) is 4.28. The summed E-state index contributed by atoms with van der Waals surface area (Å²) >= 11 is 0. The summed E-state index contributed by atoms with van der Waals surface area (Å²) in [7, 11) is 0. The van der Waals surface area contributed by atoms with Crippen LogP contribution in [-0.4, -0.2) is 21.0 Å². The number of rotatable bonds is 6. The predicted molar refractivity (Wildman–Crippen MR) is 93.0 cm³/mol. The van der Waals surface area contributed by atoms with Crippen molar-refractivity contribution in [3.05, 3.63) is 77.2 Å². The van der Waals surface area contributed by atoms with Crippen LogP contribution < -0.4 is 5.32 Å². The number of aryl methyl sites for hydroxylation is 1. The van der Waals surface area contributed by atoms with Gasteiger partial charge >= 0.3 is 0 Å². The molecule has 6 nitrogen and oxygen atoms in total. The molecule has 1 amide bonds. The van der Waals surface area contributed by atoms with Crippen LogP contribution in [0.15, 0.2) is 53.3 Å². The van der Waals surface area contributed by atoms with Crippen LogP contribution in [0.5, 0.6) is 0 Å². The molecule has 0 aliphatic carbocycles. The quantitative estimate of drug-likeness (QED) is 0.748. The average Bonchev–Trinajstić information content (AvgIpc) is 3.10. The molecule has 0 aliphatic heterocycles. The van der Waals surface area contributed by atoms with Crippen molar-refractivity contribution in [1.29, 1.82) is 0 Å². The van der Waals surface area contributed by atoms with Crippen LogP contribution in [0.25, 0.3) is 0 Å². The Bertz CT molecular complexity index is 828. The molecule has 1 aromatic carbocycles. The first kappa shape index (κ1) is 16.8. The van der Waals surface area contributed by atoms with E-state index in [1.807, 2.05) is 25.1 Å². The van der Waals surface area contributed by atoms with Gasteiger partial charge in [0.05, 0.1) is 29.8 Å². The number of carbonyl (C=O) groups excluding carboxylic acids is 1. The molecule has 25 heavy (non-hydrogen) atoms. The van der Waals surface area contributed by atoms with E-state index in [0.717, 1.165) is 11.4 Å². The van der Waals surface area contributed by atoms with Crippen LogP contribution in [0.3, 0.4) is 0 Å². The molecule has 1 atom stereocenters. The lowest BCUT2D eigenvalue weighted by Crippen LogP contribution is -2.23. The zero-order valence-corrected chi connectivity index (χ0v) is 14.3. The Hall–Kier alpha value is -3.02. The molecule has 3 rings (SSSR count). The average molecular weight is 336 g/mol. The van der Waals surface area contributed by atoms with Gasteiger partial charge in [-0.05, 0) is 24.8 Å². The first-order valence-corrected chi connectivity index (χ1v) is 8.18. The number of amides is 1. The molecule has 0 saturated carbocycles. The smallest absolute Gasteiger partial charge is 0.290 e. The van der Waals surface area contributed by atoms with Gasteiger partial charge in [-0.25, -0.2) is 0 Å². The number of aromatic nitrogens is 3. The van der Waals surface area contributed by atoms with Crippen molar-refractivity contribution in [2.24, 2.45) is 0 Å². The fourth-order valence-electron chi connectivity index (χ4n) is 2.50. The first-order valence-electron chi connectivity index (χ1n) is 8.18. The highest BCUT2D eigenvalue weighted by Crippen LogP contribution is 2.20. The van der Waals surface area contributed by atoms with Gasteiger partial charge < -0.3 is 9.84 Å². The van der Waals surface area contributed by atoms with Gasteiger partial charge in [0, 0.05) is 12.3 Å². The van der Waals surface area contributed by atoms with Crippen LogP contribution in [0, 0.1) is 6.92 Å². The maximum Gasteiger partial charge on any atom is 0.290 e. The van der Waals surface area contributed by atoms with Gasteiger partial charge in [0.15, 0.2) is 0 Å². The Morgan fingerprint density at radius 3 is 2.68 bits per heavy atom. The van der Waals surface area contributed by atoms with Gasteiger partial charge in [0.2, 0.25) is 5.76 Å². The summed E-state index contributed by atoms with van der Waals surface area (Å²) < 4.78 is 5.17. The topological polar surface area (TPSA) is 80.9 Å². The molecule has 0 saturated heterocycles. The number of hydrogen-bond donors (Lipinski definition) is 1. The fourth-order valence-corrected chi connectivity index (χ4v) is 2.50. The molecule has 0 radical (unpaired) electrons.